The van der Waals surface area contributed by atoms with Crippen molar-refractivity contribution in [1.82, 2.24) is 10.2 Å². The molecule has 1 aromatic rings. The molecule has 0 aliphatic carbocycles. The lowest BCUT2D eigenvalue weighted by molar-refractivity contribution is 0.0708. The Hall–Kier alpha value is -1.46. The van der Waals surface area contributed by atoms with Crippen molar-refractivity contribution in [3.63, 3.8) is 0 Å². The van der Waals surface area contributed by atoms with Crippen LogP contribution in [-0.2, 0) is 0 Å². The molecule has 1 N–H and O–H groups in total. The van der Waals surface area contributed by atoms with Gasteiger partial charge in [-0.05, 0) is 25.0 Å². The van der Waals surface area contributed by atoms with Crippen molar-refractivity contribution < 1.29 is 14.3 Å². The number of carbonyl (C=O) groups is 1. The van der Waals surface area contributed by atoms with Crippen LogP contribution in [0.25, 0.3) is 0 Å². The summed E-state index contributed by atoms with van der Waals surface area (Å²) in [4.78, 5) is 14.5. The van der Waals surface area contributed by atoms with Crippen molar-refractivity contribution >= 4 is 17.5 Å². The lowest BCUT2D eigenvalue weighted by Gasteiger charge is -2.32. The topological polar surface area (TPSA) is 50.8 Å². The average Bonchev–Trinajstić information content (AvgIpc) is 2.52. The fraction of sp³-hybridized carbons (Fsp3) is 0.588. The summed E-state index contributed by atoms with van der Waals surface area (Å²) in [5.74, 6) is 1.33. The number of benzene rings is 1. The molecule has 5 nitrogen and oxygen atoms in total. The predicted molar refractivity (Wildman–Crippen MR) is 91.7 cm³/mol. The molecule has 1 aliphatic heterocycles. The largest absolute Gasteiger partial charge is 0.493 e. The second-order valence-electron chi connectivity index (χ2n) is 6.30. The van der Waals surface area contributed by atoms with Crippen LogP contribution in [0.3, 0.4) is 0 Å². The number of rotatable bonds is 5. The fourth-order valence-corrected chi connectivity index (χ4v) is 2.80. The van der Waals surface area contributed by atoms with Gasteiger partial charge in [0.05, 0.1) is 18.7 Å². The molecule has 0 bridgehead atoms. The zero-order valence-electron chi connectivity index (χ0n) is 14.2. The minimum Gasteiger partial charge on any atom is -0.493 e. The zero-order chi connectivity index (χ0) is 17.0. The van der Waals surface area contributed by atoms with Crippen molar-refractivity contribution in [2.45, 2.75) is 26.8 Å². The molecule has 1 atom stereocenters. The third-order valence-electron chi connectivity index (χ3n) is 3.69. The van der Waals surface area contributed by atoms with Crippen molar-refractivity contribution in [3.8, 4) is 11.5 Å². The van der Waals surface area contributed by atoms with Crippen LogP contribution < -0.4 is 14.8 Å². The van der Waals surface area contributed by atoms with Crippen LogP contribution in [0.2, 0.25) is 5.02 Å². The van der Waals surface area contributed by atoms with E-state index in [2.05, 4.69) is 26.1 Å². The molecule has 1 aromatic carbocycles. The molecule has 1 heterocycles. The van der Waals surface area contributed by atoms with Gasteiger partial charge in [-0.1, -0.05) is 25.4 Å². The van der Waals surface area contributed by atoms with Crippen LogP contribution >= 0.6 is 11.6 Å². The molecular formula is C17H25ClN2O3. The van der Waals surface area contributed by atoms with Gasteiger partial charge >= 0.3 is 0 Å². The molecule has 2 rings (SSSR count). The Morgan fingerprint density at radius 2 is 2.22 bits per heavy atom. The van der Waals surface area contributed by atoms with Gasteiger partial charge in [0.15, 0.2) is 11.5 Å². The van der Waals surface area contributed by atoms with Gasteiger partial charge in [0.25, 0.3) is 5.91 Å². The maximum atomic E-state index is 12.7. The quantitative estimate of drug-likeness (QED) is 0.895. The normalized spacial score (nSPS) is 18.2. The van der Waals surface area contributed by atoms with E-state index in [0.29, 0.717) is 53.7 Å². The van der Waals surface area contributed by atoms with Gasteiger partial charge in [-0.15, -0.1) is 0 Å². The highest BCUT2D eigenvalue weighted by Gasteiger charge is 2.24. The van der Waals surface area contributed by atoms with Crippen LogP contribution in [0.4, 0.5) is 0 Å². The fourth-order valence-electron chi connectivity index (χ4n) is 2.53. The molecular weight excluding hydrogens is 316 g/mol. The van der Waals surface area contributed by atoms with E-state index >= 15 is 0 Å². The molecule has 1 fully saturated rings. The number of nitrogens with zero attached hydrogens (tertiary/aromatic N) is 1. The second-order valence-corrected chi connectivity index (χ2v) is 6.71. The van der Waals surface area contributed by atoms with Crippen LogP contribution in [-0.4, -0.2) is 50.2 Å². The van der Waals surface area contributed by atoms with Gasteiger partial charge in [-0.2, -0.15) is 0 Å². The monoisotopic (exact) mass is 340 g/mol. The molecule has 0 radical (unpaired) electrons. The molecule has 0 saturated carbocycles. The molecule has 1 unspecified atom stereocenters. The van der Waals surface area contributed by atoms with Crippen LogP contribution in [0.15, 0.2) is 12.1 Å². The minimum absolute atomic E-state index is 0.0334. The number of hydrogen-bond donors (Lipinski definition) is 1. The Morgan fingerprint density at radius 3 is 2.83 bits per heavy atom. The SMILES string of the molecule is COc1cc(C(=O)N2CCNC(C)C2)cc(Cl)c1OCC(C)C. The zero-order valence-corrected chi connectivity index (χ0v) is 14.9. The minimum atomic E-state index is -0.0334. The molecule has 1 aliphatic rings. The molecule has 23 heavy (non-hydrogen) atoms. The first-order valence-corrected chi connectivity index (χ1v) is 8.33. The summed E-state index contributed by atoms with van der Waals surface area (Å²) >= 11 is 6.32. The van der Waals surface area contributed by atoms with Gasteiger partial charge < -0.3 is 19.7 Å². The third kappa shape index (κ3) is 4.52. The van der Waals surface area contributed by atoms with Crippen molar-refractivity contribution in [3.05, 3.63) is 22.7 Å². The maximum absolute atomic E-state index is 12.7. The molecule has 1 saturated heterocycles. The van der Waals surface area contributed by atoms with Gasteiger partial charge in [0.1, 0.15) is 0 Å². The molecule has 0 aromatic heterocycles. The number of piperazine rings is 1. The summed E-state index contributed by atoms with van der Waals surface area (Å²) in [6.07, 6.45) is 0. The van der Waals surface area contributed by atoms with Gasteiger partial charge in [0, 0.05) is 31.2 Å². The molecule has 0 spiro atoms. The first-order valence-electron chi connectivity index (χ1n) is 7.95. The predicted octanol–water partition coefficient (Wildman–Crippen LogP) is 2.82. The number of carbonyl (C=O) groups excluding carboxylic acids is 1. The Kier molecular flexibility index (Phi) is 6.13. The summed E-state index contributed by atoms with van der Waals surface area (Å²) in [6.45, 7) is 8.90. The van der Waals surface area contributed by atoms with E-state index in [-0.39, 0.29) is 5.91 Å². The maximum Gasteiger partial charge on any atom is 0.254 e. The summed E-state index contributed by atoms with van der Waals surface area (Å²) in [5, 5.41) is 3.72. The standard InChI is InChI=1S/C17H25ClN2O3/c1-11(2)10-23-16-14(18)7-13(8-15(16)22-4)17(21)20-6-5-19-12(3)9-20/h7-8,11-12,19H,5-6,9-10H2,1-4H3. The molecule has 1 amide bonds. The number of hydrogen-bond acceptors (Lipinski definition) is 4. The number of amides is 1. The number of nitrogens with one attached hydrogen (secondary N) is 1. The van der Waals surface area contributed by atoms with Crippen LogP contribution in [0.5, 0.6) is 11.5 Å². The molecule has 128 valence electrons. The van der Waals surface area contributed by atoms with E-state index < -0.39 is 0 Å². The van der Waals surface area contributed by atoms with E-state index in [4.69, 9.17) is 21.1 Å². The highest BCUT2D eigenvalue weighted by molar-refractivity contribution is 6.32. The van der Waals surface area contributed by atoms with E-state index in [1.165, 1.54) is 0 Å². The third-order valence-corrected chi connectivity index (χ3v) is 3.97. The second kappa shape index (κ2) is 7.88. The smallest absolute Gasteiger partial charge is 0.254 e. The average molecular weight is 341 g/mol. The number of halogens is 1. The lowest BCUT2D eigenvalue weighted by atomic mass is 10.1. The van der Waals surface area contributed by atoms with E-state index in [9.17, 15) is 4.79 Å². The summed E-state index contributed by atoms with van der Waals surface area (Å²) < 4.78 is 11.1. The van der Waals surface area contributed by atoms with Crippen LogP contribution in [0, 0.1) is 5.92 Å². The van der Waals surface area contributed by atoms with Crippen molar-refractivity contribution in [1.29, 1.82) is 0 Å². The van der Waals surface area contributed by atoms with Crippen molar-refractivity contribution in [2.75, 3.05) is 33.4 Å². The summed E-state index contributed by atoms with van der Waals surface area (Å²) in [5.41, 5.74) is 0.526. The Balaban J connectivity index is 2.22. The highest BCUT2D eigenvalue weighted by atomic mass is 35.5. The van der Waals surface area contributed by atoms with Gasteiger partial charge in [-0.25, -0.2) is 0 Å². The van der Waals surface area contributed by atoms with E-state index in [0.717, 1.165) is 6.54 Å². The molecule has 6 heteroatoms. The number of methoxy groups -OCH3 is 1. The summed E-state index contributed by atoms with van der Waals surface area (Å²) in [6, 6.07) is 3.66. The highest BCUT2D eigenvalue weighted by Crippen LogP contribution is 2.37. The van der Waals surface area contributed by atoms with Gasteiger partial charge in [0.2, 0.25) is 0 Å². The summed E-state index contributed by atoms with van der Waals surface area (Å²) in [7, 11) is 1.55. The van der Waals surface area contributed by atoms with E-state index in [1.54, 1.807) is 19.2 Å². The Labute approximate surface area is 142 Å². The van der Waals surface area contributed by atoms with Gasteiger partial charge in [-0.3, -0.25) is 4.79 Å². The van der Waals surface area contributed by atoms with Crippen molar-refractivity contribution in [2.24, 2.45) is 5.92 Å². The lowest BCUT2D eigenvalue weighted by Crippen LogP contribution is -2.51. The first-order chi connectivity index (χ1) is 10.9. The van der Waals surface area contributed by atoms with E-state index in [1.807, 2.05) is 4.90 Å². The Bertz CT molecular complexity index is 563. The first kappa shape index (κ1) is 17.9. The Morgan fingerprint density at radius 1 is 1.48 bits per heavy atom. The number of ether oxygens (including phenoxy) is 2. The van der Waals surface area contributed by atoms with Crippen LogP contribution in [0.1, 0.15) is 31.1 Å².